The van der Waals surface area contributed by atoms with Crippen LogP contribution >= 0.6 is 12.2 Å². The summed E-state index contributed by atoms with van der Waals surface area (Å²) >= 11 is 4.91. The third-order valence-electron chi connectivity index (χ3n) is 1.93. The van der Waals surface area contributed by atoms with E-state index < -0.39 is 10.8 Å². The molecule has 1 aromatic rings. The molecule has 88 valence electrons. The minimum absolute atomic E-state index is 0.0862. The summed E-state index contributed by atoms with van der Waals surface area (Å²) in [7, 11) is -0.834. The molecule has 0 aliphatic carbocycles. The molecule has 0 aliphatic heterocycles. The number of aromatic nitrogens is 1. The standard InChI is InChI=1S/C10H15N3OS2/c1-7(6-16(2)14)13-8-4-3-5-12-9(8)10(11)15/h3-5,7,13H,6H2,1-2H3,(H2,11,15). The number of hydrogen-bond donors (Lipinski definition) is 2. The number of thiocarbonyl (C=S) groups is 1. The lowest BCUT2D eigenvalue weighted by Crippen LogP contribution is -2.24. The fourth-order valence-corrected chi connectivity index (χ4v) is 2.33. The summed E-state index contributed by atoms with van der Waals surface area (Å²) in [5.74, 6) is 0.575. The summed E-state index contributed by atoms with van der Waals surface area (Å²) in [6.45, 7) is 1.96. The monoisotopic (exact) mass is 257 g/mol. The summed E-state index contributed by atoms with van der Waals surface area (Å²) in [5, 5.41) is 3.20. The van der Waals surface area contributed by atoms with Gasteiger partial charge in [-0.3, -0.25) is 9.19 Å². The average molecular weight is 257 g/mol. The van der Waals surface area contributed by atoms with Crippen molar-refractivity contribution >= 4 is 33.7 Å². The molecule has 0 fully saturated rings. The lowest BCUT2D eigenvalue weighted by atomic mass is 10.2. The van der Waals surface area contributed by atoms with Crippen LogP contribution in [0, 0.1) is 0 Å². The van der Waals surface area contributed by atoms with Crippen LogP contribution < -0.4 is 11.1 Å². The summed E-state index contributed by atoms with van der Waals surface area (Å²) in [4.78, 5) is 4.36. The number of rotatable bonds is 5. The maximum atomic E-state index is 11.1. The second kappa shape index (κ2) is 5.91. The van der Waals surface area contributed by atoms with E-state index in [9.17, 15) is 4.21 Å². The van der Waals surface area contributed by atoms with Gasteiger partial charge in [-0.2, -0.15) is 0 Å². The zero-order valence-corrected chi connectivity index (χ0v) is 10.9. The lowest BCUT2D eigenvalue weighted by molar-refractivity contribution is 0.683. The Kier molecular flexibility index (Phi) is 4.82. The number of nitrogens with one attached hydrogen (secondary N) is 1. The zero-order chi connectivity index (χ0) is 12.1. The van der Waals surface area contributed by atoms with Gasteiger partial charge in [0, 0.05) is 35.0 Å². The van der Waals surface area contributed by atoms with Crippen LogP contribution in [0.25, 0.3) is 0 Å². The van der Waals surface area contributed by atoms with Gasteiger partial charge >= 0.3 is 0 Å². The Bertz CT molecular complexity index is 409. The van der Waals surface area contributed by atoms with Crippen molar-refractivity contribution in [2.45, 2.75) is 13.0 Å². The Morgan fingerprint density at radius 1 is 1.75 bits per heavy atom. The molecule has 0 amide bonds. The predicted octanol–water partition coefficient (Wildman–Crippen LogP) is 0.895. The topological polar surface area (TPSA) is 68.0 Å². The van der Waals surface area contributed by atoms with Crippen molar-refractivity contribution in [3.63, 3.8) is 0 Å². The molecule has 1 heterocycles. The molecule has 16 heavy (non-hydrogen) atoms. The molecule has 1 aromatic heterocycles. The molecule has 0 spiro atoms. The molecular formula is C10H15N3OS2. The van der Waals surface area contributed by atoms with Crippen molar-refractivity contribution in [3.8, 4) is 0 Å². The third kappa shape index (κ3) is 3.86. The molecule has 4 nitrogen and oxygen atoms in total. The van der Waals surface area contributed by atoms with Crippen molar-refractivity contribution in [3.05, 3.63) is 24.0 Å². The molecule has 2 atom stereocenters. The molecule has 0 aliphatic rings. The van der Waals surface area contributed by atoms with E-state index in [1.807, 2.05) is 13.0 Å². The first-order chi connectivity index (χ1) is 7.50. The van der Waals surface area contributed by atoms with Crippen LogP contribution in [0.15, 0.2) is 18.3 Å². The van der Waals surface area contributed by atoms with E-state index in [1.165, 1.54) is 0 Å². The second-order valence-electron chi connectivity index (χ2n) is 3.55. The van der Waals surface area contributed by atoms with Crippen molar-refractivity contribution in [2.24, 2.45) is 5.73 Å². The Balaban J connectivity index is 2.80. The van der Waals surface area contributed by atoms with E-state index in [0.29, 0.717) is 11.4 Å². The maximum Gasteiger partial charge on any atom is 0.124 e. The molecule has 0 saturated carbocycles. The van der Waals surface area contributed by atoms with E-state index in [2.05, 4.69) is 10.3 Å². The minimum Gasteiger partial charge on any atom is -0.388 e. The summed E-state index contributed by atoms with van der Waals surface area (Å²) in [5.41, 5.74) is 6.92. The highest BCUT2D eigenvalue weighted by atomic mass is 32.2. The van der Waals surface area contributed by atoms with Crippen LogP contribution in [0.3, 0.4) is 0 Å². The zero-order valence-electron chi connectivity index (χ0n) is 9.27. The van der Waals surface area contributed by atoms with Gasteiger partial charge in [-0.05, 0) is 19.1 Å². The van der Waals surface area contributed by atoms with E-state index >= 15 is 0 Å². The van der Waals surface area contributed by atoms with Crippen LogP contribution in [0.1, 0.15) is 12.6 Å². The molecule has 0 bridgehead atoms. The summed E-state index contributed by atoms with van der Waals surface area (Å²) < 4.78 is 11.1. The van der Waals surface area contributed by atoms with Gasteiger partial charge < -0.3 is 11.1 Å². The lowest BCUT2D eigenvalue weighted by Gasteiger charge is -2.15. The molecule has 6 heteroatoms. The molecule has 3 N–H and O–H groups in total. The van der Waals surface area contributed by atoms with Gasteiger partial charge in [-0.25, -0.2) is 0 Å². The van der Waals surface area contributed by atoms with Crippen LogP contribution in [0.2, 0.25) is 0 Å². The SMILES string of the molecule is CC(CS(C)=O)Nc1cccnc1C(N)=S. The van der Waals surface area contributed by atoms with Crippen LogP contribution in [0.4, 0.5) is 5.69 Å². The molecule has 2 unspecified atom stereocenters. The largest absolute Gasteiger partial charge is 0.388 e. The Morgan fingerprint density at radius 2 is 2.44 bits per heavy atom. The normalized spacial score (nSPS) is 14.1. The highest BCUT2D eigenvalue weighted by Crippen LogP contribution is 2.13. The van der Waals surface area contributed by atoms with E-state index in [1.54, 1.807) is 18.5 Å². The van der Waals surface area contributed by atoms with E-state index in [4.69, 9.17) is 18.0 Å². The van der Waals surface area contributed by atoms with Gasteiger partial charge in [-0.15, -0.1) is 0 Å². The molecule has 0 saturated heterocycles. The number of nitrogens with zero attached hydrogens (tertiary/aromatic N) is 1. The summed E-state index contributed by atoms with van der Waals surface area (Å²) in [6, 6.07) is 3.75. The van der Waals surface area contributed by atoms with Gasteiger partial charge in [0.15, 0.2) is 0 Å². The fraction of sp³-hybridized carbons (Fsp3) is 0.400. The van der Waals surface area contributed by atoms with Crippen molar-refractivity contribution in [2.75, 3.05) is 17.3 Å². The first kappa shape index (κ1) is 13.1. The van der Waals surface area contributed by atoms with Crippen LogP contribution in [-0.4, -0.2) is 32.2 Å². The Morgan fingerprint density at radius 3 is 3.00 bits per heavy atom. The minimum atomic E-state index is -0.834. The number of nitrogens with two attached hydrogens (primary N) is 1. The Labute approximate surface area is 103 Å². The highest BCUT2D eigenvalue weighted by molar-refractivity contribution is 7.84. The molecular weight excluding hydrogens is 242 g/mol. The second-order valence-corrected chi connectivity index (χ2v) is 5.47. The Hall–Kier alpha value is -1.01. The predicted molar refractivity (Wildman–Crippen MR) is 72.1 cm³/mol. The number of pyridine rings is 1. The van der Waals surface area contributed by atoms with E-state index in [-0.39, 0.29) is 11.0 Å². The van der Waals surface area contributed by atoms with E-state index in [0.717, 1.165) is 5.69 Å². The maximum absolute atomic E-state index is 11.1. The molecule has 1 rings (SSSR count). The number of anilines is 1. The third-order valence-corrected chi connectivity index (χ3v) is 3.09. The van der Waals surface area contributed by atoms with Gasteiger partial charge in [-0.1, -0.05) is 12.2 Å². The smallest absolute Gasteiger partial charge is 0.124 e. The first-order valence-electron chi connectivity index (χ1n) is 4.82. The fourth-order valence-electron chi connectivity index (χ4n) is 1.38. The number of hydrogen-bond acceptors (Lipinski definition) is 4. The quantitative estimate of drug-likeness (QED) is 0.767. The van der Waals surface area contributed by atoms with Crippen LogP contribution in [0.5, 0.6) is 0 Å². The van der Waals surface area contributed by atoms with Gasteiger partial charge in [0.2, 0.25) is 0 Å². The first-order valence-corrected chi connectivity index (χ1v) is 6.95. The van der Waals surface area contributed by atoms with Crippen molar-refractivity contribution in [1.82, 2.24) is 4.98 Å². The van der Waals surface area contributed by atoms with Gasteiger partial charge in [0.1, 0.15) is 10.7 Å². The van der Waals surface area contributed by atoms with Crippen molar-refractivity contribution in [1.29, 1.82) is 0 Å². The van der Waals surface area contributed by atoms with Gasteiger partial charge in [0.25, 0.3) is 0 Å². The van der Waals surface area contributed by atoms with Crippen LogP contribution in [-0.2, 0) is 10.8 Å². The van der Waals surface area contributed by atoms with Gasteiger partial charge in [0.05, 0.1) is 5.69 Å². The molecule has 0 aromatic carbocycles. The summed E-state index contributed by atoms with van der Waals surface area (Å²) in [6.07, 6.45) is 3.32. The van der Waals surface area contributed by atoms with Crippen molar-refractivity contribution < 1.29 is 4.21 Å². The molecule has 0 radical (unpaired) electrons. The average Bonchev–Trinajstić information content (AvgIpc) is 2.16. The highest BCUT2D eigenvalue weighted by Gasteiger charge is 2.09.